The van der Waals surface area contributed by atoms with Crippen molar-refractivity contribution in [2.24, 2.45) is 17.3 Å². The number of rotatable bonds is 12. The van der Waals surface area contributed by atoms with Gasteiger partial charge < -0.3 is 20.1 Å². The fourth-order valence-corrected chi connectivity index (χ4v) is 3.41. The van der Waals surface area contributed by atoms with E-state index >= 15 is 0 Å². The van der Waals surface area contributed by atoms with Crippen molar-refractivity contribution in [3.05, 3.63) is 24.3 Å². The predicted molar refractivity (Wildman–Crippen MR) is 103 cm³/mol. The number of ether oxygens (including phenoxy) is 1. The van der Waals surface area contributed by atoms with Crippen LogP contribution < -0.4 is 0 Å². The Kier molecular flexibility index (Phi) is 10.1. The number of hydrogen-bond donors (Lipinski definition) is 3. The van der Waals surface area contributed by atoms with E-state index in [1.807, 2.05) is 39.0 Å². The van der Waals surface area contributed by atoms with Crippen LogP contribution in [0.5, 0.6) is 0 Å². The third-order valence-electron chi connectivity index (χ3n) is 5.22. The van der Waals surface area contributed by atoms with Crippen LogP contribution in [-0.4, -0.2) is 46.7 Å². The molecule has 0 bridgehead atoms. The number of aliphatic carboxylic acids is 1. The molecule has 3 N–H and O–H groups in total. The van der Waals surface area contributed by atoms with Gasteiger partial charge in [-0.15, -0.1) is 0 Å². The molecule has 0 aromatic rings. The quantitative estimate of drug-likeness (QED) is 0.459. The SMILES string of the molecule is CCOCC(C)(C)C(O)C=CC1CCC(O)C1CCC=CCCC(=O)O. The summed E-state index contributed by atoms with van der Waals surface area (Å²) in [6, 6.07) is 0. The summed E-state index contributed by atoms with van der Waals surface area (Å²) < 4.78 is 5.45. The molecule has 0 aliphatic heterocycles. The number of aliphatic hydroxyl groups is 2. The molecule has 1 fully saturated rings. The minimum atomic E-state index is -0.781. The number of aliphatic hydroxyl groups excluding tert-OH is 2. The highest BCUT2D eigenvalue weighted by Crippen LogP contribution is 2.37. The maximum Gasteiger partial charge on any atom is 0.303 e. The predicted octanol–water partition coefficient (Wildman–Crippen LogP) is 3.55. The summed E-state index contributed by atoms with van der Waals surface area (Å²) in [7, 11) is 0. The summed E-state index contributed by atoms with van der Waals surface area (Å²) in [6.45, 7) is 7.06. The fourth-order valence-electron chi connectivity index (χ4n) is 3.41. The molecule has 1 saturated carbocycles. The van der Waals surface area contributed by atoms with E-state index in [-0.39, 0.29) is 29.8 Å². The first-order valence-corrected chi connectivity index (χ1v) is 9.77. The number of carboxylic acids is 1. The molecule has 0 saturated heterocycles. The fraction of sp³-hybridized carbons (Fsp3) is 0.762. The minimum absolute atomic E-state index is 0.156. The molecule has 0 aromatic heterocycles. The van der Waals surface area contributed by atoms with E-state index in [9.17, 15) is 15.0 Å². The van der Waals surface area contributed by atoms with Crippen LogP contribution >= 0.6 is 0 Å². The van der Waals surface area contributed by atoms with Gasteiger partial charge in [-0.2, -0.15) is 0 Å². The van der Waals surface area contributed by atoms with Crippen molar-refractivity contribution >= 4 is 5.97 Å². The molecule has 4 atom stereocenters. The van der Waals surface area contributed by atoms with Crippen molar-refractivity contribution in [1.82, 2.24) is 0 Å². The maximum atomic E-state index is 10.5. The van der Waals surface area contributed by atoms with Gasteiger partial charge in [0.25, 0.3) is 0 Å². The van der Waals surface area contributed by atoms with Crippen LogP contribution in [0.2, 0.25) is 0 Å². The average molecular weight is 369 g/mol. The molecule has 0 aromatic carbocycles. The zero-order chi connectivity index (χ0) is 19.6. The Labute approximate surface area is 157 Å². The van der Waals surface area contributed by atoms with Crippen molar-refractivity contribution in [2.75, 3.05) is 13.2 Å². The van der Waals surface area contributed by atoms with E-state index < -0.39 is 12.1 Å². The van der Waals surface area contributed by atoms with Gasteiger partial charge in [0.05, 0.1) is 18.8 Å². The summed E-state index contributed by atoms with van der Waals surface area (Å²) in [6.07, 6.45) is 11.1. The molecule has 5 heteroatoms. The van der Waals surface area contributed by atoms with Crippen LogP contribution in [0.25, 0.3) is 0 Å². The van der Waals surface area contributed by atoms with Crippen molar-refractivity contribution in [1.29, 1.82) is 0 Å². The number of carbonyl (C=O) groups is 1. The molecule has 4 unspecified atom stereocenters. The van der Waals surface area contributed by atoms with Gasteiger partial charge in [-0.05, 0) is 50.9 Å². The third-order valence-corrected chi connectivity index (χ3v) is 5.22. The Morgan fingerprint density at radius 2 is 1.96 bits per heavy atom. The van der Waals surface area contributed by atoms with Crippen LogP contribution in [0.1, 0.15) is 59.3 Å². The number of carboxylic acid groups (broad SMARTS) is 1. The van der Waals surface area contributed by atoms with Crippen molar-refractivity contribution in [3.63, 3.8) is 0 Å². The highest BCUT2D eigenvalue weighted by molar-refractivity contribution is 5.66. The second-order valence-electron chi connectivity index (χ2n) is 7.91. The van der Waals surface area contributed by atoms with Gasteiger partial charge in [-0.3, -0.25) is 4.79 Å². The van der Waals surface area contributed by atoms with Gasteiger partial charge >= 0.3 is 5.97 Å². The molecule has 1 rings (SSSR count). The maximum absolute atomic E-state index is 10.5. The second-order valence-corrected chi connectivity index (χ2v) is 7.91. The normalized spacial score (nSPS) is 25.3. The molecule has 150 valence electrons. The van der Waals surface area contributed by atoms with Crippen LogP contribution in [-0.2, 0) is 9.53 Å². The molecule has 1 aliphatic rings. The first-order valence-electron chi connectivity index (χ1n) is 9.77. The largest absolute Gasteiger partial charge is 0.481 e. The lowest BCUT2D eigenvalue weighted by molar-refractivity contribution is -0.136. The van der Waals surface area contributed by atoms with Gasteiger partial charge in [0.2, 0.25) is 0 Å². The van der Waals surface area contributed by atoms with Crippen LogP contribution in [0, 0.1) is 17.3 Å². The molecule has 0 spiro atoms. The highest BCUT2D eigenvalue weighted by Gasteiger charge is 2.33. The molecule has 0 radical (unpaired) electrons. The van der Waals surface area contributed by atoms with Crippen LogP contribution in [0.15, 0.2) is 24.3 Å². The molecular formula is C21H36O5. The molecule has 0 heterocycles. The van der Waals surface area contributed by atoms with E-state index in [1.165, 1.54) is 0 Å². The topological polar surface area (TPSA) is 87.0 Å². The summed E-state index contributed by atoms with van der Waals surface area (Å²) in [5, 5.41) is 29.3. The molecule has 0 amide bonds. The number of allylic oxidation sites excluding steroid dienone is 3. The van der Waals surface area contributed by atoms with Crippen molar-refractivity contribution in [3.8, 4) is 0 Å². The molecule has 26 heavy (non-hydrogen) atoms. The lowest BCUT2D eigenvalue weighted by Gasteiger charge is -2.28. The van der Waals surface area contributed by atoms with Gasteiger partial charge in [0.15, 0.2) is 0 Å². The zero-order valence-electron chi connectivity index (χ0n) is 16.4. The van der Waals surface area contributed by atoms with E-state index in [4.69, 9.17) is 9.84 Å². The van der Waals surface area contributed by atoms with Crippen molar-refractivity contribution in [2.45, 2.75) is 71.5 Å². The van der Waals surface area contributed by atoms with E-state index in [0.717, 1.165) is 25.7 Å². The Morgan fingerprint density at radius 1 is 1.27 bits per heavy atom. The van der Waals surface area contributed by atoms with Gasteiger partial charge in [0, 0.05) is 18.4 Å². The Bertz CT molecular complexity index is 469. The van der Waals surface area contributed by atoms with Crippen molar-refractivity contribution < 1.29 is 24.9 Å². The minimum Gasteiger partial charge on any atom is -0.481 e. The second kappa shape index (κ2) is 11.5. The molecular weight excluding hydrogens is 332 g/mol. The Morgan fingerprint density at radius 3 is 2.62 bits per heavy atom. The Hall–Kier alpha value is -1.17. The van der Waals surface area contributed by atoms with E-state index in [0.29, 0.717) is 19.6 Å². The smallest absolute Gasteiger partial charge is 0.303 e. The van der Waals surface area contributed by atoms with E-state index in [1.54, 1.807) is 0 Å². The standard InChI is InChI=1S/C21H36O5/c1-4-26-15-21(2,3)19(23)14-12-16-11-13-18(22)17(16)9-7-5-6-8-10-20(24)25/h5-6,12,14,16-19,22-23H,4,7-11,13,15H2,1-3H3,(H,24,25). The molecule has 5 nitrogen and oxygen atoms in total. The highest BCUT2D eigenvalue weighted by atomic mass is 16.5. The van der Waals surface area contributed by atoms with E-state index in [2.05, 4.69) is 6.08 Å². The Balaban J connectivity index is 2.50. The lowest BCUT2D eigenvalue weighted by atomic mass is 9.85. The summed E-state index contributed by atoms with van der Waals surface area (Å²) in [5.41, 5.74) is -0.341. The van der Waals surface area contributed by atoms with Gasteiger partial charge in [-0.1, -0.05) is 38.2 Å². The number of hydrogen-bond acceptors (Lipinski definition) is 4. The van der Waals surface area contributed by atoms with Crippen LogP contribution in [0.3, 0.4) is 0 Å². The lowest BCUT2D eigenvalue weighted by Crippen LogP contribution is -2.32. The molecule has 1 aliphatic carbocycles. The summed E-state index contributed by atoms with van der Waals surface area (Å²) >= 11 is 0. The van der Waals surface area contributed by atoms with Gasteiger partial charge in [0.1, 0.15) is 0 Å². The van der Waals surface area contributed by atoms with Gasteiger partial charge in [-0.25, -0.2) is 0 Å². The average Bonchev–Trinajstić information content (AvgIpc) is 2.93. The summed E-state index contributed by atoms with van der Waals surface area (Å²) in [4.78, 5) is 10.5. The first-order chi connectivity index (χ1) is 12.3. The monoisotopic (exact) mass is 368 g/mol. The zero-order valence-corrected chi connectivity index (χ0v) is 16.4. The summed E-state index contributed by atoms with van der Waals surface area (Å²) in [5.74, 6) is -0.315. The third kappa shape index (κ3) is 8.02. The van der Waals surface area contributed by atoms with Crippen LogP contribution in [0.4, 0.5) is 0 Å². The first kappa shape index (κ1) is 22.9.